The molecule has 0 aliphatic carbocycles. The largest absolute Gasteiger partial charge is 0.444 e. The summed E-state index contributed by atoms with van der Waals surface area (Å²) in [5.74, 6) is 0.962. The summed E-state index contributed by atoms with van der Waals surface area (Å²) in [6.07, 6.45) is 5.41. The SMILES string of the molecule is Cc1c[nH]c2ncnc(N3C[C@H]4CC[C@@H](C3)N4C(=O)OC(C)(C)C)c12. The van der Waals surface area contributed by atoms with E-state index in [0.717, 1.165) is 48.3 Å². The minimum absolute atomic E-state index is 0.179. The third-order valence-electron chi connectivity index (χ3n) is 5.03. The number of aromatic amines is 1. The number of ether oxygens (including phenoxy) is 1. The Balaban J connectivity index is 1.59. The maximum absolute atomic E-state index is 12.6. The van der Waals surface area contributed by atoms with Crippen molar-refractivity contribution in [1.29, 1.82) is 0 Å². The lowest BCUT2D eigenvalue weighted by Gasteiger charge is -2.41. The molecule has 2 aliphatic rings. The summed E-state index contributed by atoms with van der Waals surface area (Å²) >= 11 is 0. The zero-order valence-electron chi connectivity index (χ0n) is 15.2. The number of aryl methyl sites for hydroxylation is 1. The summed E-state index contributed by atoms with van der Waals surface area (Å²) < 4.78 is 5.61. The number of nitrogens with zero attached hydrogens (tertiary/aromatic N) is 4. The van der Waals surface area contributed by atoms with Crippen molar-refractivity contribution in [3.05, 3.63) is 18.1 Å². The van der Waals surface area contributed by atoms with Gasteiger partial charge in [-0.05, 0) is 46.1 Å². The summed E-state index contributed by atoms with van der Waals surface area (Å²) in [7, 11) is 0. The number of hydrogen-bond acceptors (Lipinski definition) is 5. The van der Waals surface area contributed by atoms with Gasteiger partial charge in [-0.15, -0.1) is 0 Å². The molecule has 1 amide bonds. The molecular formula is C18H25N5O2. The van der Waals surface area contributed by atoms with E-state index >= 15 is 0 Å². The number of aromatic nitrogens is 3. The normalized spacial score (nSPS) is 23.4. The lowest BCUT2D eigenvalue weighted by molar-refractivity contribution is 0.0123. The van der Waals surface area contributed by atoms with E-state index in [2.05, 4.69) is 26.8 Å². The van der Waals surface area contributed by atoms with Gasteiger partial charge in [-0.2, -0.15) is 0 Å². The van der Waals surface area contributed by atoms with Crippen LogP contribution in [0.3, 0.4) is 0 Å². The topological polar surface area (TPSA) is 74.4 Å². The van der Waals surface area contributed by atoms with Gasteiger partial charge in [-0.25, -0.2) is 14.8 Å². The van der Waals surface area contributed by atoms with E-state index in [-0.39, 0.29) is 18.2 Å². The van der Waals surface area contributed by atoms with Crippen LogP contribution in [0, 0.1) is 6.92 Å². The fourth-order valence-corrected chi connectivity index (χ4v) is 4.03. The minimum atomic E-state index is -0.464. The van der Waals surface area contributed by atoms with Crippen molar-refractivity contribution in [2.45, 2.75) is 58.2 Å². The molecule has 0 saturated carbocycles. The molecule has 2 aliphatic heterocycles. The Morgan fingerprint density at radius 1 is 1.24 bits per heavy atom. The van der Waals surface area contributed by atoms with Crippen LogP contribution in [0.2, 0.25) is 0 Å². The Bertz CT molecular complexity index is 795. The second-order valence-corrected chi connectivity index (χ2v) is 8.07. The van der Waals surface area contributed by atoms with Crippen LogP contribution in [0.15, 0.2) is 12.5 Å². The predicted molar refractivity (Wildman–Crippen MR) is 95.7 cm³/mol. The van der Waals surface area contributed by atoms with E-state index in [1.165, 1.54) is 0 Å². The highest BCUT2D eigenvalue weighted by molar-refractivity contribution is 5.90. The summed E-state index contributed by atoms with van der Waals surface area (Å²) in [4.78, 5) is 28.9. The van der Waals surface area contributed by atoms with Crippen molar-refractivity contribution in [2.75, 3.05) is 18.0 Å². The number of rotatable bonds is 1. The van der Waals surface area contributed by atoms with E-state index in [1.54, 1.807) is 6.33 Å². The molecular weight excluding hydrogens is 318 g/mol. The summed E-state index contributed by atoms with van der Waals surface area (Å²) in [5.41, 5.74) is 1.55. The molecule has 2 aromatic heterocycles. The van der Waals surface area contributed by atoms with Gasteiger partial charge in [0.1, 0.15) is 23.4 Å². The van der Waals surface area contributed by atoms with Gasteiger partial charge < -0.3 is 14.6 Å². The lowest BCUT2D eigenvalue weighted by Crippen LogP contribution is -2.57. The molecule has 1 N–H and O–H groups in total. The highest BCUT2D eigenvalue weighted by atomic mass is 16.6. The number of H-pyrrole nitrogens is 1. The molecule has 2 fully saturated rings. The highest BCUT2D eigenvalue weighted by Gasteiger charge is 2.44. The average Bonchev–Trinajstić information content (AvgIpc) is 3.03. The first kappa shape index (κ1) is 16.2. The zero-order chi connectivity index (χ0) is 17.8. The van der Waals surface area contributed by atoms with E-state index in [4.69, 9.17) is 4.74 Å². The first-order valence-electron chi connectivity index (χ1n) is 8.88. The van der Waals surface area contributed by atoms with Crippen molar-refractivity contribution in [3.8, 4) is 0 Å². The molecule has 7 nitrogen and oxygen atoms in total. The van der Waals surface area contributed by atoms with Gasteiger partial charge >= 0.3 is 6.09 Å². The Morgan fingerprint density at radius 3 is 2.56 bits per heavy atom. The molecule has 4 rings (SSSR count). The van der Waals surface area contributed by atoms with Crippen LogP contribution in [0.4, 0.5) is 10.6 Å². The van der Waals surface area contributed by atoms with Gasteiger partial charge in [0.25, 0.3) is 0 Å². The zero-order valence-corrected chi connectivity index (χ0v) is 15.2. The standard InChI is InChI=1S/C18H25N5O2/c1-11-7-19-15-14(11)16(21-10-20-15)22-8-12-5-6-13(9-22)23(12)17(24)25-18(2,3)4/h7,10,12-13H,5-6,8-9H2,1-4H3,(H,19,20,21)/t12-,13+. The molecule has 0 spiro atoms. The summed E-state index contributed by atoms with van der Waals surface area (Å²) in [6.45, 7) is 9.37. The maximum atomic E-state index is 12.6. The van der Waals surface area contributed by atoms with Crippen molar-refractivity contribution in [2.24, 2.45) is 0 Å². The van der Waals surface area contributed by atoms with Crippen molar-refractivity contribution < 1.29 is 9.53 Å². The van der Waals surface area contributed by atoms with E-state index in [1.807, 2.05) is 31.9 Å². The first-order valence-corrected chi connectivity index (χ1v) is 8.88. The van der Waals surface area contributed by atoms with Gasteiger partial charge in [0, 0.05) is 19.3 Å². The van der Waals surface area contributed by atoms with Crippen LogP contribution in [-0.4, -0.2) is 56.7 Å². The van der Waals surface area contributed by atoms with Crippen LogP contribution in [0.25, 0.3) is 11.0 Å². The molecule has 134 valence electrons. The Hall–Kier alpha value is -2.31. The van der Waals surface area contributed by atoms with Crippen LogP contribution in [0.1, 0.15) is 39.2 Å². The van der Waals surface area contributed by atoms with E-state index in [0.29, 0.717) is 0 Å². The van der Waals surface area contributed by atoms with Crippen LogP contribution in [-0.2, 0) is 4.74 Å². The Labute approximate surface area is 147 Å². The van der Waals surface area contributed by atoms with Gasteiger partial charge in [-0.1, -0.05) is 0 Å². The molecule has 7 heteroatoms. The molecule has 0 unspecified atom stereocenters. The van der Waals surface area contributed by atoms with Crippen LogP contribution < -0.4 is 4.90 Å². The maximum Gasteiger partial charge on any atom is 0.410 e. The molecule has 0 radical (unpaired) electrons. The molecule has 0 aromatic carbocycles. The highest BCUT2D eigenvalue weighted by Crippen LogP contribution is 2.35. The molecule has 2 atom stereocenters. The number of carbonyl (C=O) groups is 1. The van der Waals surface area contributed by atoms with Gasteiger partial charge in [0.05, 0.1) is 17.5 Å². The van der Waals surface area contributed by atoms with Crippen molar-refractivity contribution in [3.63, 3.8) is 0 Å². The number of fused-ring (bicyclic) bond motifs is 3. The van der Waals surface area contributed by atoms with Crippen LogP contribution in [0.5, 0.6) is 0 Å². The molecule has 25 heavy (non-hydrogen) atoms. The fraction of sp³-hybridized carbons (Fsp3) is 0.611. The second-order valence-electron chi connectivity index (χ2n) is 8.07. The molecule has 2 aromatic rings. The minimum Gasteiger partial charge on any atom is -0.444 e. The van der Waals surface area contributed by atoms with Gasteiger partial charge in [0.15, 0.2) is 0 Å². The predicted octanol–water partition coefficient (Wildman–Crippen LogP) is 2.85. The summed E-state index contributed by atoms with van der Waals surface area (Å²) in [6, 6.07) is 0.357. The third kappa shape index (κ3) is 2.81. The molecule has 2 saturated heterocycles. The number of amides is 1. The van der Waals surface area contributed by atoms with Gasteiger partial charge in [0.2, 0.25) is 0 Å². The number of hydrogen-bond donors (Lipinski definition) is 1. The summed E-state index contributed by atoms with van der Waals surface area (Å²) in [5, 5.41) is 1.08. The van der Waals surface area contributed by atoms with E-state index < -0.39 is 5.60 Å². The third-order valence-corrected chi connectivity index (χ3v) is 5.03. The monoisotopic (exact) mass is 343 g/mol. The first-order chi connectivity index (χ1) is 11.8. The second kappa shape index (κ2) is 5.61. The fourth-order valence-electron chi connectivity index (χ4n) is 4.03. The molecule has 2 bridgehead atoms. The number of carbonyl (C=O) groups excluding carboxylic acids is 1. The van der Waals surface area contributed by atoms with Crippen molar-refractivity contribution in [1.82, 2.24) is 19.9 Å². The number of piperazine rings is 1. The number of nitrogens with one attached hydrogen (secondary N) is 1. The quantitative estimate of drug-likeness (QED) is 0.862. The van der Waals surface area contributed by atoms with Gasteiger partial charge in [-0.3, -0.25) is 4.90 Å². The number of anilines is 1. The van der Waals surface area contributed by atoms with E-state index in [9.17, 15) is 4.79 Å². The average molecular weight is 343 g/mol. The molecule has 4 heterocycles. The Morgan fingerprint density at radius 2 is 1.92 bits per heavy atom. The Kier molecular flexibility index (Phi) is 3.63. The van der Waals surface area contributed by atoms with Crippen LogP contribution >= 0.6 is 0 Å². The smallest absolute Gasteiger partial charge is 0.410 e. The lowest BCUT2D eigenvalue weighted by atomic mass is 10.1. The van der Waals surface area contributed by atoms with Crippen molar-refractivity contribution >= 4 is 22.9 Å².